The lowest BCUT2D eigenvalue weighted by molar-refractivity contribution is -0.139. The van der Waals surface area contributed by atoms with E-state index in [4.69, 9.17) is 5.26 Å². The number of aromatic nitrogens is 3. The van der Waals surface area contributed by atoms with Crippen molar-refractivity contribution in [1.82, 2.24) is 30.5 Å². The van der Waals surface area contributed by atoms with Gasteiger partial charge in [0.25, 0.3) is 17.6 Å². The highest BCUT2D eigenvalue weighted by Gasteiger charge is 2.52. The van der Waals surface area contributed by atoms with Gasteiger partial charge in [0, 0.05) is 0 Å². The summed E-state index contributed by atoms with van der Waals surface area (Å²) in [5, 5.41) is 15.8. The van der Waals surface area contributed by atoms with Crippen molar-refractivity contribution in [2.24, 2.45) is 0 Å². The van der Waals surface area contributed by atoms with Crippen molar-refractivity contribution in [3.8, 4) is 6.07 Å². The molecule has 1 aromatic carbocycles. The number of rotatable bonds is 5. The number of nitriles is 1. The molecule has 0 saturated carbocycles. The van der Waals surface area contributed by atoms with Crippen LogP contribution in [0.3, 0.4) is 0 Å². The summed E-state index contributed by atoms with van der Waals surface area (Å²) in [5.41, 5.74) is 1.68. The van der Waals surface area contributed by atoms with Gasteiger partial charge in [-0.1, -0.05) is 37.3 Å². The molecular formula is C16H15N7O3. The van der Waals surface area contributed by atoms with Gasteiger partial charge in [-0.25, -0.2) is 14.5 Å². The third-order valence-electron chi connectivity index (χ3n) is 4.07. The van der Waals surface area contributed by atoms with Gasteiger partial charge in [-0.3, -0.25) is 15.0 Å². The maximum Gasteiger partial charge on any atom is 0.344 e. The zero-order valence-electron chi connectivity index (χ0n) is 13.8. The molecule has 0 spiro atoms. The van der Waals surface area contributed by atoms with Crippen molar-refractivity contribution in [3.05, 3.63) is 48.0 Å². The van der Waals surface area contributed by atoms with E-state index in [0.29, 0.717) is 17.0 Å². The van der Waals surface area contributed by atoms with Gasteiger partial charge < -0.3 is 5.32 Å². The predicted octanol–water partition coefficient (Wildman–Crippen LogP) is 0.0383. The van der Waals surface area contributed by atoms with Crippen LogP contribution < -0.4 is 10.7 Å². The Bertz CT molecular complexity index is 902. The molecule has 1 aliphatic heterocycles. The highest BCUT2D eigenvalue weighted by molar-refractivity contribution is 6.08. The van der Waals surface area contributed by atoms with E-state index in [0.717, 1.165) is 4.68 Å². The molecule has 2 aromatic rings. The third kappa shape index (κ3) is 2.86. The second-order valence-corrected chi connectivity index (χ2v) is 5.61. The number of carbonyl (C=O) groups excluding carboxylic acids is 3. The monoisotopic (exact) mass is 353 g/mol. The van der Waals surface area contributed by atoms with Crippen LogP contribution >= 0.6 is 0 Å². The molecule has 1 aromatic heterocycles. The van der Waals surface area contributed by atoms with Gasteiger partial charge in [0.15, 0.2) is 0 Å². The Morgan fingerprint density at radius 2 is 2.08 bits per heavy atom. The number of amides is 4. The van der Waals surface area contributed by atoms with Crippen molar-refractivity contribution in [2.75, 3.05) is 0 Å². The van der Waals surface area contributed by atoms with Gasteiger partial charge in [-0.2, -0.15) is 10.3 Å². The minimum atomic E-state index is -1.23. The first-order chi connectivity index (χ1) is 12.5. The van der Waals surface area contributed by atoms with Crippen molar-refractivity contribution >= 4 is 17.8 Å². The number of urea groups is 1. The Kier molecular flexibility index (Phi) is 4.36. The molecule has 0 bridgehead atoms. The molecular weight excluding hydrogens is 338 g/mol. The Morgan fingerprint density at radius 3 is 2.69 bits per heavy atom. The summed E-state index contributed by atoms with van der Waals surface area (Å²) in [5.74, 6) is -1.30. The fraction of sp³-hybridized carbons (Fsp3) is 0.250. The van der Waals surface area contributed by atoms with Crippen LogP contribution in [0.25, 0.3) is 0 Å². The van der Waals surface area contributed by atoms with Gasteiger partial charge in [0.05, 0.1) is 0 Å². The summed E-state index contributed by atoms with van der Waals surface area (Å²) in [6.45, 7) is 1.48. The molecule has 0 unspecified atom stereocenters. The number of hydrazine groups is 1. The molecule has 4 amide bonds. The second kappa shape index (κ2) is 6.64. The first kappa shape index (κ1) is 17.1. The quantitative estimate of drug-likeness (QED) is 0.729. The molecule has 2 heterocycles. The second-order valence-electron chi connectivity index (χ2n) is 5.61. The molecule has 10 heteroatoms. The zero-order valence-corrected chi connectivity index (χ0v) is 13.8. The summed E-state index contributed by atoms with van der Waals surface area (Å²) in [4.78, 5) is 40.9. The Balaban J connectivity index is 1.76. The van der Waals surface area contributed by atoms with E-state index in [9.17, 15) is 14.4 Å². The number of nitrogens with one attached hydrogen (secondary N) is 2. The molecule has 1 fully saturated rings. The van der Waals surface area contributed by atoms with Crippen LogP contribution in [-0.2, 0) is 21.7 Å². The van der Waals surface area contributed by atoms with E-state index in [1.54, 1.807) is 43.3 Å². The molecule has 1 aliphatic rings. The molecule has 26 heavy (non-hydrogen) atoms. The zero-order chi connectivity index (χ0) is 18.7. The highest BCUT2D eigenvalue weighted by Crippen LogP contribution is 2.31. The Morgan fingerprint density at radius 1 is 1.35 bits per heavy atom. The molecule has 0 radical (unpaired) electrons. The molecule has 3 rings (SSSR count). The van der Waals surface area contributed by atoms with Crippen LogP contribution in [0.1, 0.15) is 24.7 Å². The van der Waals surface area contributed by atoms with E-state index in [1.165, 1.54) is 6.33 Å². The van der Waals surface area contributed by atoms with Crippen LogP contribution in [-0.4, -0.2) is 37.6 Å². The Hall–Kier alpha value is -3.74. The predicted molar refractivity (Wildman–Crippen MR) is 86.7 cm³/mol. The largest absolute Gasteiger partial charge is 0.344 e. The molecule has 132 valence electrons. The van der Waals surface area contributed by atoms with E-state index < -0.39 is 23.4 Å². The SMILES string of the molecule is CC[C@@]1(c2ccccc2)NC(=O)N(NC(=O)Cn2cnc(C#N)n2)C1=O. The van der Waals surface area contributed by atoms with Crippen molar-refractivity contribution in [1.29, 1.82) is 5.26 Å². The molecule has 0 aliphatic carbocycles. The van der Waals surface area contributed by atoms with Gasteiger partial charge in [0.1, 0.15) is 24.5 Å². The van der Waals surface area contributed by atoms with Crippen LogP contribution in [0.5, 0.6) is 0 Å². The number of imide groups is 1. The summed E-state index contributed by atoms with van der Waals surface area (Å²) in [6, 6.07) is 9.85. The lowest BCUT2D eigenvalue weighted by atomic mass is 9.87. The lowest BCUT2D eigenvalue weighted by Crippen LogP contribution is -2.49. The maximum absolute atomic E-state index is 12.9. The van der Waals surface area contributed by atoms with Crippen LogP contribution in [0.2, 0.25) is 0 Å². The molecule has 1 atom stereocenters. The van der Waals surface area contributed by atoms with Crippen molar-refractivity contribution in [2.45, 2.75) is 25.4 Å². The standard InChI is InChI=1S/C16H15N7O3/c1-2-16(11-6-4-3-5-7-11)14(25)23(15(26)19-16)21-13(24)9-22-10-18-12(8-17)20-22/h3-7,10H,2,9H2,1H3,(H,19,26)(H,21,24)/t16-/m0/s1. The average molecular weight is 353 g/mol. The number of carbonyl (C=O) groups is 3. The fourth-order valence-corrected chi connectivity index (χ4v) is 2.77. The molecule has 10 nitrogen and oxygen atoms in total. The maximum atomic E-state index is 12.9. The highest BCUT2D eigenvalue weighted by atomic mass is 16.2. The number of hydrogen-bond donors (Lipinski definition) is 2. The van der Waals surface area contributed by atoms with Crippen molar-refractivity contribution in [3.63, 3.8) is 0 Å². The van der Waals surface area contributed by atoms with Crippen LogP contribution in [0.4, 0.5) is 4.79 Å². The van der Waals surface area contributed by atoms with Crippen molar-refractivity contribution < 1.29 is 14.4 Å². The Labute approximate surface area is 148 Å². The number of nitrogens with zero attached hydrogens (tertiary/aromatic N) is 5. The van der Waals surface area contributed by atoms with Crippen LogP contribution in [0, 0.1) is 11.3 Å². The average Bonchev–Trinajstić information content (AvgIpc) is 3.20. The lowest BCUT2D eigenvalue weighted by Gasteiger charge is -2.25. The van der Waals surface area contributed by atoms with E-state index in [-0.39, 0.29) is 12.4 Å². The van der Waals surface area contributed by atoms with E-state index >= 15 is 0 Å². The van der Waals surface area contributed by atoms with Crippen LogP contribution in [0.15, 0.2) is 36.7 Å². The summed E-state index contributed by atoms with van der Waals surface area (Å²) in [7, 11) is 0. The number of hydrogen-bond acceptors (Lipinski definition) is 6. The topological polar surface area (TPSA) is 133 Å². The summed E-state index contributed by atoms with van der Waals surface area (Å²) < 4.78 is 1.14. The molecule has 1 saturated heterocycles. The van der Waals surface area contributed by atoms with E-state index in [2.05, 4.69) is 20.8 Å². The smallest absolute Gasteiger partial charge is 0.318 e. The van der Waals surface area contributed by atoms with Gasteiger partial charge in [-0.15, -0.1) is 5.10 Å². The summed E-state index contributed by atoms with van der Waals surface area (Å²) in [6.07, 6.45) is 1.53. The first-order valence-electron chi connectivity index (χ1n) is 7.81. The first-order valence-corrected chi connectivity index (χ1v) is 7.81. The third-order valence-corrected chi connectivity index (χ3v) is 4.07. The minimum Gasteiger partial charge on any atom is -0.318 e. The summed E-state index contributed by atoms with van der Waals surface area (Å²) >= 11 is 0. The minimum absolute atomic E-state index is 0.0816. The number of benzene rings is 1. The van der Waals surface area contributed by atoms with Gasteiger partial charge in [-0.05, 0) is 12.0 Å². The van der Waals surface area contributed by atoms with Gasteiger partial charge >= 0.3 is 6.03 Å². The van der Waals surface area contributed by atoms with Gasteiger partial charge in [0.2, 0.25) is 0 Å². The molecule has 2 N–H and O–H groups in total. The van der Waals surface area contributed by atoms with E-state index in [1.807, 2.05) is 0 Å². The fourth-order valence-electron chi connectivity index (χ4n) is 2.77. The normalized spacial score (nSPS) is 19.2.